The average Bonchev–Trinajstić information content (AvgIpc) is 2.92. The van der Waals surface area contributed by atoms with Gasteiger partial charge in [0.05, 0.1) is 7.11 Å². The summed E-state index contributed by atoms with van der Waals surface area (Å²) in [5.74, 6) is 1.86. The maximum atomic E-state index is 13.8. The second-order valence-electron chi connectivity index (χ2n) is 9.14. The molecule has 0 aliphatic rings. The summed E-state index contributed by atoms with van der Waals surface area (Å²) in [4.78, 5) is 15.6. The van der Waals surface area contributed by atoms with E-state index in [-0.39, 0.29) is 5.91 Å². The largest absolute Gasteiger partial charge is 0.496 e. The number of carbonyl (C=O) groups excluding carboxylic acids is 1. The van der Waals surface area contributed by atoms with Gasteiger partial charge in [0, 0.05) is 24.2 Å². The number of hydrogen-bond acceptors (Lipinski definition) is 3. The SMILES string of the molecule is COc1ccc(C(=O)N(Cc2ccccc2)Cc2ccccc2)cc1COc1ccccc1C(C)C. The second-order valence-corrected chi connectivity index (χ2v) is 9.14. The fraction of sp³-hybridized carbons (Fsp3) is 0.219. The van der Waals surface area contributed by atoms with E-state index in [1.165, 1.54) is 0 Å². The highest BCUT2D eigenvalue weighted by Crippen LogP contribution is 2.29. The molecule has 0 heterocycles. The van der Waals surface area contributed by atoms with Crippen molar-refractivity contribution in [2.24, 2.45) is 0 Å². The van der Waals surface area contributed by atoms with Crippen LogP contribution in [-0.4, -0.2) is 17.9 Å². The quantitative estimate of drug-likeness (QED) is 0.241. The summed E-state index contributed by atoms with van der Waals surface area (Å²) in [5, 5.41) is 0. The molecule has 4 aromatic carbocycles. The summed E-state index contributed by atoms with van der Waals surface area (Å²) in [6.07, 6.45) is 0. The van der Waals surface area contributed by atoms with Crippen LogP contribution in [0.4, 0.5) is 0 Å². The minimum atomic E-state index is -0.0332. The fourth-order valence-corrected chi connectivity index (χ4v) is 4.26. The van der Waals surface area contributed by atoms with Gasteiger partial charge in [0.1, 0.15) is 18.1 Å². The first-order valence-electron chi connectivity index (χ1n) is 12.3. The van der Waals surface area contributed by atoms with Gasteiger partial charge in [-0.1, -0.05) is 92.7 Å². The predicted molar refractivity (Wildman–Crippen MR) is 144 cm³/mol. The van der Waals surface area contributed by atoms with E-state index in [4.69, 9.17) is 9.47 Å². The van der Waals surface area contributed by atoms with Gasteiger partial charge in [0.2, 0.25) is 0 Å². The highest BCUT2D eigenvalue weighted by molar-refractivity contribution is 5.94. The van der Waals surface area contributed by atoms with Gasteiger partial charge in [-0.25, -0.2) is 0 Å². The number of para-hydroxylation sites is 1. The number of rotatable bonds is 10. The Kier molecular flexibility index (Phi) is 8.40. The molecular formula is C32H33NO3. The van der Waals surface area contributed by atoms with Crippen molar-refractivity contribution in [2.45, 2.75) is 39.5 Å². The number of amides is 1. The normalized spacial score (nSPS) is 10.8. The standard InChI is InChI=1S/C32H33NO3/c1-24(2)29-16-10-11-17-31(29)36-23-28-20-27(18-19-30(28)35-3)32(34)33(21-25-12-6-4-7-13-25)22-26-14-8-5-9-15-26/h4-20,24H,21-23H2,1-3H3. The molecule has 0 N–H and O–H groups in total. The zero-order chi connectivity index (χ0) is 25.3. The molecule has 4 aromatic rings. The second kappa shape index (κ2) is 12.1. The van der Waals surface area contributed by atoms with E-state index in [9.17, 15) is 4.79 Å². The number of hydrogen-bond donors (Lipinski definition) is 0. The third-order valence-corrected chi connectivity index (χ3v) is 6.17. The number of ether oxygens (including phenoxy) is 2. The number of carbonyl (C=O) groups is 1. The molecule has 0 atom stereocenters. The number of methoxy groups -OCH3 is 1. The van der Waals surface area contributed by atoms with Crippen LogP contribution < -0.4 is 9.47 Å². The van der Waals surface area contributed by atoms with Gasteiger partial charge >= 0.3 is 0 Å². The molecule has 0 fully saturated rings. The minimum Gasteiger partial charge on any atom is -0.496 e. The predicted octanol–water partition coefficient (Wildman–Crippen LogP) is 7.24. The molecule has 1 amide bonds. The summed E-state index contributed by atoms with van der Waals surface area (Å²) < 4.78 is 11.8. The van der Waals surface area contributed by atoms with Crippen molar-refractivity contribution in [3.8, 4) is 11.5 Å². The molecule has 36 heavy (non-hydrogen) atoms. The van der Waals surface area contributed by atoms with Crippen molar-refractivity contribution in [3.63, 3.8) is 0 Å². The Morgan fingerprint density at radius 3 is 1.92 bits per heavy atom. The lowest BCUT2D eigenvalue weighted by Crippen LogP contribution is -2.30. The molecule has 0 radical (unpaired) electrons. The average molecular weight is 480 g/mol. The van der Waals surface area contributed by atoms with Crippen molar-refractivity contribution in [1.29, 1.82) is 0 Å². The molecule has 0 saturated carbocycles. The lowest BCUT2D eigenvalue weighted by atomic mass is 10.0. The maximum absolute atomic E-state index is 13.8. The van der Waals surface area contributed by atoms with Crippen LogP contribution in [0.25, 0.3) is 0 Å². The topological polar surface area (TPSA) is 38.8 Å². The van der Waals surface area contributed by atoms with Gasteiger partial charge in [-0.2, -0.15) is 0 Å². The molecule has 4 heteroatoms. The van der Waals surface area contributed by atoms with Crippen molar-refractivity contribution < 1.29 is 14.3 Å². The van der Waals surface area contributed by atoms with E-state index in [0.717, 1.165) is 28.0 Å². The first kappa shape index (κ1) is 25.1. The van der Waals surface area contributed by atoms with Crippen molar-refractivity contribution in [3.05, 3.63) is 131 Å². The molecule has 0 aromatic heterocycles. The molecule has 0 bridgehead atoms. The molecule has 0 aliphatic heterocycles. The van der Waals surface area contributed by atoms with Crippen molar-refractivity contribution in [1.82, 2.24) is 4.90 Å². The smallest absolute Gasteiger partial charge is 0.254 e. The van der Waals surface area contributed by atoms with E-state index in [0.29, 0.717) is 36.9 Å². The fourth-order valence-electron chi connectivity index (χ4n) is 4.26. The Morgan fingerprint density at radius 2 is 1.33 bits per heavy atom. The summed E-state index contributed by atoms with van der Waals surface area (Å²) in [6, 6.07) is 33.8. The lowest BCUT2D eigenvalue weighted by Gasteiger charge is -2.24. The Labute approximate surface area is 214 Å². The molecule has 0 saturated heterocycles. The van der Waals surface area contributed by atoms with E-state index in [1.54, 1.807) is 7.11 Å². The maximum Gasteiger partial charge on any atom is 0.254 e. The highest BCUT2D eigenvalue weighted by atomic mass is 16.5. The van der Waals surface area contributed by atoms with Crippen LogP contribution >= 0.6 is 0 Å². The van der Waals surface area contributed by atoms with Gasteiger partial charge in [-0.15, -0.1) is 0 Å². The first-order valence-corrected chi connectivity index (χ1v) is 12.3. The van der Waals surface area contributed by atoms with E-state index in [1.807, 2.05) is 102 Å². The molecule has 0 aliphatic carbocycles. The van der Waals surface area contributed by atoms with E-state index < -0.39 is 0 Å². The third kappa shape index (κ3) is 6.33. The summed E-state index contributed by atoms with van der Waals surface area (Å²) in [6.45, 7) is 5.65. The molecule has 4 nitrogen and oxygen atoms in total. The summed E-state index contributed by atoms with van der Waals surface area (Å²) in [5.41, 5.74) is 4.77. The molecule has 0 spiro atoms. The first-order chi connectivity index (χ1) is 17.5. The third-order valence-electron chi connectivity index (χ3n) is 6.17. The van der Waals surface area contributed by atoms with Crippen LogP contribution in [0.3, 0.4) is 0 Å². The summed E-state index contributed by atoms with van der Waals surface area (Å²) in [7, 11) is 1.64. The van der Waals surface area contributed by atoms with Crippen LogP contribution in [-0.2, 0) is 19.7 Å². The number of nitrogens with zero attached hydrogens (tertiary/aromatic N) is 1. The van der Waals surface area contributed by atoms with Crippen LogP contribution in [0.15, 0.2) is 103 Å². The Balaban J connectivity index is 1.60. The minimum absolute atomic E-state index is 0.0332. The van der Waals surface area contributed by atoms with Gasteiger partial charge < -0.3 is 14.4 Å². The van der Waals surface area contributed by atoms with E-state index >= 15 is 0 Å². The lowest BCUT2D eigenvalue weighted by molar-refractivity contribution is 0.0729. The zero-order valence-corrected chi connectivity index (χ0v) is 21.2. The molecule has 4 rings (SSSR count). The van der Waals surface area contributed by atoms with Gasteiger partial charge in [0.15, 0.2) is 0 Å². The van der Waals surface area contributed by atoms with Crippen molar-refractivity contribution in [2.75, 3.05) is 7.11 Å². The van der Waals surface area contributed by atoms with E-state index in [2.05, 4.69) is 19.9 Å². The van der Waals surface area contributed by atoms with Crippen LogP contribution in [0.5, 0.6) is 11.5 Å². The van der Waals surface area contributed by atoms with Crippen LogP contribution in [0, 0.1) is 0 Å². The zero-order valence-electron chi connectivity index (χ0n) is 21.2. The molecule has 0 unspecified atom stereocenters. The van der Waals surface area contributed by atoms with Gasteiger partial charge in [-0.05, 0) is 46.9 Å². The van der Waals surface area contributed by atoms with Crippen LogP contribution in [0.1, 0.15) is 52.4 Å². The van der Waals surface area contributed by atoms with Crippen LogP contribution in [0.2, 0.25) is 0 Å². The Hall–Kier alpha value is -4.05. The van der Waals surface area contributed by atoms with Gasteiger partial charge in [-0.3, -0.25) is 4.79 Å². The summed E-state index contributed by atoms with van der Waals surface area (Å²) >= 11 is 0. The Bertz CT molecular complexity index is 1230. The van der Waals surface area contributed by atoms with Gasteiger partial charge in [0.25, 0.3) is 5.91 Å². The monoisotopic (exact) mass is 479 g/mol. The number of benzene rings is 4. The molecule has 184 valence electrons. The highest BCUT2D eigenvalue weighted by Gasteiger charge is 2.19. The molecular weight excluding hydrogens is 446 g/mol. The van der Waals surface area contributed by atoms with Crippen molar-refractivity contribution >= 4 is 5.91 Å². The Morgan fingerprint density at radius 1 is 0.750 bits per heavy atom.